The second-order valence-corrected chi connectivity index (χ2v) is 5.05. The van der Waals surface area contributed by atoms with E-state index in [-0.39, 0.29) is 5.69 Å². The summed E-state index contributed by atoms with van der Waals surface area (Å²) >= 11 is 0. The molecule has 6 heteroatoms. The van der Waals surface area contributed by atoms with Crippen LogP contribution < -0.4 is 5.32 Å². The van der Waals surface area contributed by atoms with Crippen LogP contribution in [-0.4, -0.2) is 34.3 Å². The molecule has 110 valence electrons. The van der Waals surface area contributed by atoms with Crippen molar-refractivity contribution in [3.8, 4) is 5.69 Å². The maximum absolute atomic E-state index is 12.1. The topological polar surface area (TPSA) is 73.2 Å². The van der Waals surface area contributed by atoms with Crippen molar-refractivity contribution in [1.82, 2.24) is 15.1 Å². The minimum atomic E-state index is -1.11. The van der Waals surface area contributed by atoms with Crippen LogP contribution in [-0.2, 0) is 9.53 Å². The molecule has 0 bridgehead atoms. The van der Waals surface area contributed by atoms with Crippen LogP contribution in [0, 0.1) is 0 Å². The van der Waals surface area contributed by atoms with Gasteiger partial charge < -0.3 is 10.1 Å². The highest BCUT2D eigenvalue weighted by molar-refractivity contribution is 5.96. The van der Waals surface area contributed by atoms with Gasteiger partial charge in [0.25, 0.3) is 5.91 Å². The highest BCUT2D eigenvalue weighted by Gasteiger charge is 2.31. The zero-order valence-corrected chi connectivity index (χ0v) is 12.2. The fourth-order valence-corrected chi connectivity index (χ4v) is 1.82. The molecule has 0 aliphatic rings. The summed E-state index contributed by atoms with van der Waals surface area (Å²) in [4.78, 5) is 23.7. The van der Waals surface area contributed by atoms with Crippen molar-refractivity contribution in [2.24, 2.45) is 0 Å². The van der Waals surface area contributed by atoms with Gasteiger partial charge in [0.1, 0.15) is 5.54 Å². The molecule has 1 heterocycles. The fraction of sp³-hybridized carbons (Fsp3) is 0.267. The molecule has 0 aliphatic carbocycles. The van der Waals surface area contributed by atoms with Crippen molar-refractivity contribution < 1.29 is 14.3 Å². The van der Waals surface area contributed by atoms with E-state index < -0.39 is 17.4 Å². The third kappa shape index (κ3) is 3.28. The molecule has 0 unspecified atom stereocenters. The second kappa shape index (κ2) is 5.78. The zero-order valence-electron chi connectivity index (χ0n) is 12.2. The number of benzene rings is 1. The lowest BCUT2D eigenvalue weighted by atomic mass is 10.1. The van der Waals surface area contributed by atoms with Crippen molar-refractivity contribution in [1.29, 1.82) is 0 Å². The minimum Gasteiger partial charge on any atom is -0.467 e. The van der Waals surface area contributed by atoms with Gasteiger partial charge in [-0.3, -0.25) is 4.79 Å². The van der Waals surface area contributed by atoms with Crippen LogP contribution in [0.2, 0.25) is 0 Å². The average molecular weight is 287 g/mol. The molecule has 0 atom stereocenters. The van der Waals surface area contributed by atoms with Gasteiger partial charge in [-0.25, -0.2) is 9.48 Å². The Bertz CT molecular complexity index is 647. The summed E-state index contributed by atoms with van der Waals surface area (Å²) < 4.78 is 6.24. The standard InChI is InChI=1S/C15H17N3O3/c1-15(2,14(20)21-3)16-13(19)12-9-10-18(17-12)11-7-5-4-6-8-11/h4-10H,1-3H3,(H,16,19). The summed E-state index contributed by atoms with van der Waals surface area (Å²) in [6.45, 7) is 3.15. The number of rotatable bonds is 4. The SMILES string of the molecule is COC(=O)C(C)(C)NC(=O)c1ccn(-c2ccccc2)n1. The number of methoxy groups -OCH3 is 1. The Morgan fingerprint density at radius 2 is 1.86 bits per heavy atom. The molecule has 0 aliphatic heterocycles. The molecule has 1 aromatic carbocycles. The summed E-state index contributed by atoms with van der Waals surface area (Å²) in [6.07, 6.45) is 1.69. The number of hydrogen-bond donors (Lipinski definition) is 1. The van der Waals surface area contributed by atoms with Crippen LogP contribution in [0.15, 0.2) is 42.6 Å². The summed E-state index contributed by atoms with van der Waals surface area (Å²) in [5.41, 5.74) is -0.0258. The summed E-state index contributed by atoms with van der Waals surface area (Å²) in [6, 6.07) is 11.0. The molecule has 2 rings (SSSR count). The Hall–Kier alpha value is -2.63. The van der Waals surface area contributed by atoms with Gasteiger partial charge in [-0.15, -0.1) is 0 Å². The number of esters is 1. The number of para-hydroxylation sites is 1. The van der Waals surface area contributed by atoms with Gasteiger partial charge in [-0.2, -0.15) is 5.10 Å². The minimum absolute atomic E-state index is 0.232. The first-order valence-electron chi connectivity index (χ1n) is 6.46. The lowest BCUT2D eigenvalue weighted by Gasteiger charge is -2.22. The van der Waals surface area contributed by atoms with E-state index in [2.05, 4.69) is 15.2 Å². The lowest BCUT2D eigenvalue weighted by Crippen LogP contribution is -2.50. The van der Waals surface area contributed by atoms with E-state index in [1.807, 2.05) is 30.3 Å². The Morgan fingerprint density at radius 3 is 2.48 bits per heavy atom. The first-order chi connectivity index (χ1) is 9.94. The molecular weight excluding hydrogens is 270 g/mol. The van der Waals surface area contributed by atoms with Gasteiger partial charge in [0.15, 0.2) is 5.69 Å². The van der Waals surface area contributed by atoms with Gasteiger partial charge in [0.2, 0.25) is 0 Å². The molecule has 1 N–H and O–H groups in total. The highest BCUT2D eigenvalue weighted by Crippen LogP contribution is 2.09. The van der Waals surface area contributed by atoms with Gasteiger partial charge in [0, 0.05) is 6.20 Å². The number of carbonyl (C=O) groups is 2. The number of amides is 1. The van der Waals surface area contributed by atoms with E-state index in [1.165, 1.54) is 7.11 Å². The predicted molar refractivity (Wildman–Crippen MR) is 77.1 cm³/mol. The van der Waals surface area contributed by atoms with Crippen molar-refractivity contribution in [3.63, 3.8) is 0 Å². The fourth-order valence-electron chi connectivity index (χ4n) is 1.82. The number of carbonyl (C=O) groups excluding carboxylic acids is 2. The first-order valence-corrected chi connectivity index (χ1v) is 6.46. The average Bonchev–Trinajstić information content (AvgIpc) is 2.96. The third-order valence-corrected chi connectivity index (χ3v) is 2.96. The number of ether oxygens (including phenoxy) is 1. The van der Waals surface area contributed by atoms with E-state index in [0.29, 0.717) is 0 Å². The molecule has 2 aromatic rings. The summed E-state index contributed by atoms with van der Waals surface area (Å²) in [5.74, 6) is -0.946. The number of nitrogens with one attached hydrogen (secondary N) is 1. The molecule has 0 saturated heterocycles. The van der Waals surface area contributed by atoms with Crippen molar-refractivity contribution in [2.45, 2.75) is 19.4 Å². The zero-order chi connectivity index (χ0) is 15.5. The second-order valence-electron chi connectivity index (χ2n) is 5.05. The Morgan fingerprint density at radius 1 is 1.19 bits per heavy atom. The maximum atomic E-state index is 12.1. The number of nitrogens with zero attached hydrogens (tertiary/aromatic N) is 2. The maximum Gasteiger partial charge on any atom is 0.330 e. The lowest BCUT2D eigenvalue weighted by molar-refractivity contribution is -0.146. The molecule has 0 saturated carbocycles. The van der Waals surface area contributed by atoms with Gasteiger partial charge in [-0.1, -0.05) is 18.2 Å². The Kier molecular flexibility index (Phi) is 4.07. The number of hydrogen-bond acceptors (Lipinski definition) is 4. The van der Waals surface area contributed by atoms with E-state index in [0.717, 1.165) is 5.69 Å². The highest BCUT2D eigenvalue weighted by atomic mass is 16.5. The normalized spacial score (nSPS) is 11.0. The molecule has 21 heavy (non-hydrogen) atoms. The predicted octanol–water partition coefficient (Wildman–Crippen LogP) is 1.55. The summed E-state index contributed by atoms with van der Waals surface area (Å²) in [5, 5.41) is 6.80. The van der Waals surface area contributed by atoms with Gasteiger partial charge in [0.05, 0.1) is 12.8 Å². The van der Waals surface area contributed by atoms with E-state index in [4.69, 9.17) is 0 Å². The third-order valence-electron chi connectivity index (χ3n) is 2.96. The Balaban J connectivity index is 2.15. The van der Waals surface area contributed by atoms with Crippen LogP contribution in [0.1, 0.15) is 24.3 Å². The largest absolute Gasteiger partial charge is 0.467 e. The molecule has 0 radical (unpaired) electrons. The quantitative estimate of drug-likeness (QED) is 0.866. The number of aromatic nitrogens is 2. The van der Waals surface area contributed by atoms with Crippen LogP contribution >= 0.6 is 0 Å². The molecule has 1 amide bonds. The van der Waals surface area contributed by atoms with Crippen LogP contribution in [0.5, 0.6) is 0 Å². The molecule has 0 spiro atoms. The van der Waals surface area contributed by atoms with Gasteiger partial charge >= 0.3 is 5.97 Å². The van der Waals surface area contributed by atoms with Gasteiger partial charge in [-0.05, 0) is 32.0 Å². The van der Waals surface area contributed by atoms with Crippen molar-refractivity contribution in [2.75, 3.05) is 7.11 Å². The van der Waals surface area contributed by atoms with Crippen LogP contribution in [0.4, 0.5) is 0 Å². The molecule has 1 aromatic heterocycles. The Labute approximate surface area is 122 Å². The molecule has 0 fully saturated rings. The van der Waals surface area contributed by atoms with Crippen molar-refractivity contribution in [3.05, 3.63) is 48.3 Å². The van der Waals surface area contributed by atoms with Crippen molar-refractivity contribution >= 4 is 11.9 Å². The molecular formula is C15H17N3O3. The first kappa shape index (κ1) is 14.8. The smallest absolute Gasteiger partial charge is 0.330 e. The van der Waals surface area contributed by atoms with E-state index in [9.17, 15) is 9.59 Å². The molecule has 6 nitrogen and oxygen atoms in total. The van der Waals surface area contributed by atoms with Crippen LogP contribution in [0.25, 0.3) is 5.69 Å². The summed E-state index contributed by atoms with van der Waals surface area (Å²) in [7, 11) is 1.28. The van der Waals surface area contributed by atoms with Crippen LogP contribution in [0.3, 0.4) is 0 Å². The van der Waals surface area contributed by atoms with E-state index in [1.54, 1.807) is 30.8 Å². The van der Waals surface area contributed by atoms with E-state index >= 15 is 0 Å². The monoisotopic (exact) mass is 287 g/mol.